The van der Waals surface area contributed by atoms with E-state index in [1.807, 2.05) is 0 Å². The lowest BCUT2D eigenvalue weighted by Gasteiger charge is -2.20. The van der Waals surface area contributed by atoms with E-state index in [2.05, 4.69) is 24.9 Å². The monoisotopic (exact) mass is 344 g/mol. The number of amidine groups is 2. The maximum absolute atomic E-state index is 6.15. The van der Waals surface area contributed by atoms with E-state index < -0.39 is 0 Å². The average molecular weight is 344 g/mol. The molecule has 0 unspecified atom stereocenters. The summed E-state index contributed by atoms with van der Waals surface area (Å²) in [5.41, 5.74) is 18.1. The quantitative estimate of drug-likeness (QED) is 0.566. The third-order valence-electron chi connectivity index (χ3n) is 5.13. The molecule has 0 atom stereocenters. The van der Waals surface area contributed by atoms with E-state index in [1.54, 1.807) is 0 Å². The molecule has 0 aromatic carbocycles. The van der Waals surface area contributed by atoms with Crippen LogP contribution in [0.2, 0.25) is 0 Å². The summed E-state index contributed by atoms with van der Waals surface area (Å²) in [5.74, 6) is 2.25. The normalized spacial score (nSPS) is 21.4. The van der Waals surface area contributed by atoms with Gasteiger partial charge in [0.05, 0.1) is 0 Å². The molecule has 0 saturated heterocycles. The Morgan fingerprint density at radius 3 is 1.48 bits per heavy atom. The second-order valence-electron chi connectivity index (χ2n) is 7.04. The summed E-state index contributed by atoms with van der Waals surface area (Å²) in [6.45, 7) is 0. The van der Waals surface area contributed by atoms with Crippen LogP contribution in [0, 0.1) is 11.8 Å². The van der Waals surface area contributed by atoms with Crippen LogP contribution in [0.25, 0.3) is 0 Å². The minimum atomic E-state index is 0.0837. The van der Waals surface area contributed by atoms with Crippen molar-refractivity contribution in [3.05, 3.63) is 0 Å². The Balaban J connectivity index is 1.77. The van der Waals surface area contributed by atoms with Crippen molar-refractivity contribution in [1.82, 2.24) is 15.0 Å². The fourth-order valence-electron chi connectivity index (χ4n) is 3.68. The number of anilines is 1. The zero-order valence-corrected chi connectivity index (χ0v) is 14.7. The molecule has 0 aliphatic heterocycles. The van der Waals surface area contributed by atoms with Gasteiger partial charge in [-0.3, -0.25) is 0 Å². The van der Waals surface area contributed by atoms with E-state index in [9.17, 15) is 0 Å². The van der Waals surface area contributed by atoms with Gasteiger partial charge in [-0.1, -0.05) is 38.5 Å². The highest BCUT2D eigenvalue weighted by atomic mass is 15.2. The molecular formula is C17H28N8. The molecule has 0 amide bonds. The number of aromatic nitrogens is 3. The van der Waals surface area contributed by atoms with Crippen LogP contribution in [0.1, 0.15) is 64.2 Å². The Hall–Kier alpha value is -2.25. The lowest BCUT2D eigenvalue weighted by atomic mass is 9.88. The highest BCUT2D eigenvalue weighted by Crippen LogP contribution is 2.26. The van der Waals surface area contributed by atoms with Gasteiger partial charge in [0, 0.05) is 11.8 Å². The molecular weight excluding hydrogens is 316 g/mol. The van der Waals surface area contributed by atoms with Gasteiger partial charge in [0.1, 0.15) is 11.7 Å². The van der Waals surface area contributed by atoms with Crippen molar-refractivity contribution >= 4 is 29.5 Å². The summed E-state index contributed by atoms with van der Waals surface area (Å²) in [5, 5.41) is 0. The molecule has 1 heterocycles. The Morgan fingerprint density at radius 2 is 1.08 bits per heavy atom. The van der Waals surface area contributed by atoms with E-state index in [-0.39, 0.29) is 17.8 Å². The Morgan fingerprint density at radius 1 is 0.680 bits per heavy atom. The zero-order chi connectivity index (χ0) is 17.6. The van der Waals surface area contributed by atoms with Crippen LogP contribution >= 0.6 is 0 Å². The molecule has 0 bridgehead atoms. The molecule has 8 heteroatoms. The van der Waals surface area contributed by atoms with Gasteiger partial charge in [0.15, 0.2) is 0 Å². The Labute approximate surface area is 148 Å². The lowest BCUT2D eigenvalue weighted by molar-refractivity contribution is 0.437. The molecule has 2 aliphatic rings. The number of nitrogens with zero attached hydrogens (tertiary/aromatic N) is 5. The smallest absolute Gasteiger partial charge is 0.257 e. The third-order valence-corrected chi connectivity index (χ3v) is 5.13. The maximum atomic E-state index is 6.15. The molecule has 136 valence electrons. The summed E-state index contributed by atoms with van der Waals surface area (Å²) in [4.78, 5) is 21.1. The molecule has 1 aromatic rings. The predicted octanol–water partition coefficient (Wildman–Crippen LogP) is 2.59. The van der Waals surface area contributed by atoms with Gasteiger partial charge in [-0.2, -0.15) is 24.9 Å². The maximum Gasteiger partial charge on any atom is 0.257 e. The van der Waals surface area contributed by atoms with E-state index >= 15 is 0 Å². The van der Waals surface area contributed by atoms with Gasteiger partial charge in [0.2, 0.25) is 5.95 Å². The van der Waals surface area contributed by atoms with E-state index in [0.29, 0.717) is 23.5 Å². The predicted molar refractivity (Wildman–Crippen MR) is 100.0 cm³/mol. The first-order valence-electron chi connectivity index (χ1n) is 9.31. The van der Waals surface area contributed by atoms with Crippen LogP contribution in [-0.4, -0.2) is 26.6 Å². The lowest BCUT2D eigenvalue weighted by Crippen LogP contribution is -2.26. The molecule has 0 spiro atoms. The zero-order valence-electron chi connectivity index (χ0n) is 14.7. The van der Waals surface area contributed by atoms with Gasteiger partial charge in [-0.15, -0.1) is 0 Å². The number of rotatable bonds is 4. The second-order valence-corrected chi connectivity index (χ2v) is 7.04. The van der Waals surface area contributed by atoms with E-state index in [1.165, 1.54) is 38.5 Å². The Bertz CT molecular complexity index is 590. The minimum Gasteiger partial charge on any atom is -0.387 e. The van der Waals surface area contributed by atoms with Crippen LogP contribution in [0.4, 0.5) is 17.8 Å². The molecule has 6 N–H and O–H groups in total. The van der Waals surface area contributed by atoms with Crippen LogP contribution in [0.3, 0.4) is 0 Å². The largest absolute Gasteiger partial charge is 0.387 e. The summed E-state index contributed by atoms with van der Waals surface area (Å²) < 4.78 is 0. The first-order valence-corrected chi connectivity index (χ1v) is 9.31. The average Bonchev–Trinajstić information content (AvgIpc) is 2.62. The first kappa shape index (κ1) is 17.6. The van der Waals surface area contributed by atoms with E-state index in [0.717, 1.165) is 25.7 Å². The molecule has 2 fully saturated rings. The number of aliphatic imine (C=N–C) groups is 2. The van der Waals surface area contributed by atoms with E-state index in [4.69, 9.17) is 17.2 Å². The molecule has 3 rings (SSSR count). The van der Waals surface area contributed by atoms with Gasteiger partial charge in [-0.05, 0) is 25.7 Å². The first-order chi connectivity index (χ1) is 12.1. The fraction of sp³-hybridized carbons (Fsp3) is 0.706. The number of nitrogens with two attached hydrogens (primary N) is 3. The second kappa shape index (κ2) is 8.22. The Kier molecular flexibility index (Phi) is 5.78. The van der Waals surface area contributed by atoms with Crippen molar-refractivity contribution in [3.8, 4) is 0 Å². The van der Waals surface area contributed by atoms with Crippen molar-refractivity contribution in [2.45, 2.75) is 64.2 Å². The topological polar surface area (TPSA) is 141 Å². The van der Waals surface area contributed by atoms with Crippen molar-refractivity contribution in [3.63, 3.8) is 0 Å². The molecule has 2 saturated carbocycles. The minimum absolute atomic E-state index is 0.0837. The highest BCUT2D eigenvalue weighted by molar-refractivity contribution is 5.85. The van der Waals surface area contributed by atoms with Gasteiger partial charge < -0.3 is 17.2 Å². The molecule has 2 aliphatic carbocycles. The van der Waals surface area contributed by atoms with Crippen molar-refractivity contribution in [1.29, 1.82) is 0 Å². The number of hydrogen-bond acceptors (Lipinski definition) is 6. The van der Waals surface area contributed by atoms with Crippen molar-refractivity contribution in [2.24, 2.45) is 33.3 Å². The summed E-state index contributed by atoms with van der Waals surface area (Å²) in [7, 11) is 0. The van der Waals surface area contributed by atoms with Crippen molar-refractivity contribution in [2.75, 3.05) is 5.73 Å². The summed E-state index contributed by atoms with van der Waals surface area (Å²) in [6.07, 6.45) is 11.5. The van der Waals surface area contributed by atoms with Gasteiger partial charge in [0.25, 0.3) is 11.9 Å². The fourth-order valence-corrected chi connectivity index (χ4v) is 3.68. The molecule has 1 aromatic heterocycles. The molecule has 8 nitrogen and oxygen atoms in total. The van der Waals surface area contributed by atoms with Crippen LogP contribution in [0.15, 0.2) is 9.98 Å². The number of hydrogen-bond donors (Lipinski definition) is 3. The van der Waals surface area contributed by atoms with Crippen molar-refractivity contribution < 1.29 is 0 Å². The number of nitrogen functional groups attached to an aromatic ring is 1. The molecule has 25 heavy (non-hydrogen) atoms. The summed E-state index contributed by atoms with van der Waals surface area (Å²) in [6, 6.07) is 0. The van der Waals surface area contributed by atoms with Gasteiger partial charge >= 0.3 is 0 Å². The SMILES string of the molecule is N/C(=N/c1nc(N)nc(/N=C(/N)C2CCCCC2)n1)C1CCCCC1. The third kappa shape index (κ3) is 4.87. The summed E-state index contributed by atoms with van der Waals surface area (Å²) >= 11 is 0. The van der Waals surface area contributed by atoms with Crippen LogP contribution in [-0.2, 0) is 0 Å². The van der Waals surface area contributed by atoms with Crippen LogP contribution in [0.5, 0.6) is 0 Å². The highest BCUT2D eigenvalue weighted by Gasteiger charge is 2.19. The standard InChI is InChI=1S/C17H28N8/c18-13(11-7-3-1-4-8-11)21-16-23-15(20)24-17(25-16)22-14(19)12-9-5-2-6-10-12/h11-12H,1-10H2,(H6,18,19,20,21,22,23,24,25). The van der Waals surface area contributed by atoms with Gasteiger partial charge in [-0.25, -0.2) is 0 Å². The molecule has 0 radical (unpaired) electrons. The van der Waals surface area contributed by atoms with Crippen LogP contribution < -0.4 is 17.2 Å².